The number of allylic oxidation sites excluding steroid dienone is 6. The minimum absolute atomic E-state index is 0.0231. The quantitative estimate of drug-likeness (QED) is 0.354. The third-order valence-electron chi connectivity index (χ3n) is 8.60. The van der Waals surface area contributed by atoms with Crippen LogP contribution in [-0.2, 0) is 23.9 Å². The highest BCUT2D eigenvalue weighted by Gasteiger charge is 2.56. The molecule has 1 saturated heterocycles. The molecule has 2 fully saturated rings. The summed E-state index contributed by atoms with van der Waals surface area (Å²) in [5, 5.41) is 12.1. The largest absolute Gasteiger partial charge is 0.464 e. The van der Waals surface area contributed by atoms with Crippen LogP contribution in [-0.4, -0.2) is 71.2 Å². The zero-order chi connectivity index (χ0) is 28.7. The lowest BCUT2D eigenvalue weighted by Gasteiger charge is -2.32. The first kappa shape index (κ1) is 29.1. The fourth-order valence-electron chi connectivity index (χ4n) is 6.31. The van der Waals surface area contributed by atoms with Gasteiger partial charge in [-0.15, -0.1) is 0 Å². The summed E-state index contributed by atoms with van der Waals surface area (Å²) < 4.78 is 10.8. The summed E-state index contributed by atoms with van der Waals surface area (Å²) in [5.74, 6) is -0.759. The molecule has 3 aliphatic carbocycles. The number of rotatable bonds is 8. The van der Waals surface area contributed by atoms with E-state index in [1.54, 1.807) is 20.8 Å². The molecule has 9 heteroatoms. The van der Waals surface area contributed by atoms with Gasteiger partial charge in [0, 0.05) is 23.5 Å². The summed E-state index contributed by atoms with van der Waals surface area (Å²) in [4.78, 5) is 52.5. The van der Waals surface area contributed by atoms with E-state index >= 15 is 0 Å². The summed E-state index contributed by atoms with van der Waals surface area (Å²) in [6.45, 7) is 11.3. The molecule has 39 heavy (non-hydrogen) atoms. The fourth-order valence-corrected chi connectivity index (χ4v) is 6.31. The van der Waals surface area contributed by atoms with E-state index < -0.39 is 42.3 Å². The van der Waals surface area contributed by atoms with E-state index in [0.717, 1.165) is 29.6 Å². The van der Waals surface area contributed by atoms with Crippen molar-refractivity contribution in [2.75, 3.05) is 19.8 Å². The van der Waals surface area contributed by atoms with Crippen LogP contribution in [0, 0.1) is 11.3 Å². The van der Waals surface area contributed by atoms with Crippen LogP contribution in [0.15, 0.2) is 33.9 Å². The number of fused-ring (bicyclic) bond motifs is 1. The smallest absolute Gasteiger partial charge is 0.408 e. The van der Waals surface area contributed by atoms with E-state index in [2.05, 4.69) is 19.2 Å². The lowest BCUT2D eigenvalue weighted by atomic mass is 9.70. The number of nitrogens with one attached hydrogen (secondary N) is 1. The maximum absolute atomic E-state index is 13.1. The molecule has 2 amide bonds. The molecule has 0 bridgehead atoms. The molecule has 3 atom stereocenters. The zero-order valence-corrected chi connectivity index (χ0v) is 24.0. The van der Waals surface area contributed by atoms with Crippen LogP contribution < -0.4 is 5.32 Å². The normalized spacial score (nSPS) is 24.5. The average Bonchev–Trinajstić information content (AvgIpc) is 3.39. The van der Waals surface area contributed by atoms with Crippen LogP contribution in [0.1, 0.15) is 80.1 Å². The first-order valence-corrected chi connectivity index (χ1v) is 14.1. The molecule has 0 unspecified atom stereocenters. The maximum Gasteiger partial charge on any atom is 0.408 e. The Morgan fingerprint density at radius 2 is 1.92 bits per heavy atom. The Morgan fingerprint density at radius 3 is 2.54 bits per heavy atom. The van der Waals surface area contributed by atoms with Crippen molar-refractivity contribution in [3.8, 4) is 0 Å². The van der Waals surface area contributed by atoms with Gasteiger partial charge in [-0.3, -0.25) is 9.59 Å². The molecule has 0 aromatic heterocycles. The minimum Gasteiger partial charge on any atom is -0.464 e. The first-order valence-electron chi connectivity index (χ1n) is 14.1. The monoisotopic (exact) mass is 542 g/mol. The van der Waals surface area contributed by atoms with E-state index in [1.165, 1.54) is 16.0 Å². The Hall–Kier alpha value is -2.94. The van der Waals surface area contributed by atoms with Gasteiger partial charge in [-0.1, -0.05) is 12.5 Å². The van der Waals surface area contributed by atoms with E-state index in [9.17, 15) is 24.3 Å². The van der Waals surface area contributed by atoms with Gasteiger partial charge in [-0.2, -0.15) is 0 Å². The Kier molecular flexibility index (Phi) is 8.13. The predicted molar refractivity (Wildman–Crippen MR) is 144 cm³/mol. The molecule has 4 aliphatic rings. The van der Waals surface area contributed by atoms with Crippen molar-refractivity contribution >= 4 is 23.8 Å². The molecule has 0 aromatic rings. The molecule has 1 spiro atoms. The Balaban J connectivity index is 1.31. The molecule has 214 valence electrons. The van der Waals surface area contributed by atoms with Gasteiger partial charge >= 0.3 is 12.1 Å². The van der Waals surface area contributed by atoms with Crippen LogP contribution in [0.5, 0.6) is 0 Å². The van der Waals surface area contributed by atoms with Crippen molar-refractivity contribution in [1.29, 1.82) is 0 Å². The fraction of sp³-hybridized carbons (Fsp3) is 0.667. The lowest BCUT2D eigenvalue weighted by molar-refractivity contribution is -0.154. The van der Waals surface area contributed by atoms with Crippen molar-refractivity contribution in [1.82, 2.24) is 10.2 Å². The molecule has 1 saturated carbocycles. The number of hydrogen-bond donors (Lipinski definition) is 2. The lowest BCUT2D eigenvalue weighted by Crippen LogP contribution is -2.54. The summed E-state index contributed by atoms with van der Waals surface area (Å²) >= 11 is 0. The van der Waals surface area contributed by atoms with Crippen molar-refractivity contribution in [3.63, 3.8) is 0 Å². The number of esters is 1. The van der Waals surface area contributed by atoms with Gasteiger partial charge in [0.15, 0.2) is 5.78 Å². The van der Waals surface area contributed by atoms with Gasteiger partial charge in [0.25, 0.3) is 0 Å². The molecular formula is C30H42N2O7. The number of nitrogens with zero attached hydrogens (tertiary/aromatic N) is 1. The number of aliphatic hydroxyl groups excluding tert-OH is 1. The topological polar surface area (TPSA) is 122 Å². The Labute approximate surface area is 230 Å². The highest BCUT2D eigenvalue weighted by Crippen LogP contribution is 2.63. The second-order valence-electron chi connectivity index (χ2n) is 12.3. The van der Waals surface area contributed by atoms with Gasteiger partial charge in [0.2, 0.25) is 5.91 Å². The number of ether oxygens (including phenoxy) is 2. The van der Waals surface area contributed by atoms with Crippen molar-refractivity contribution in [2.24, 2.45) is 11.3 Å². The van der Waals surface area contributed by atoms with Crippen LogP contribution in [0.4, 0.5) is 4.79 Å². The third-order valence-corrected chi connectivity index (χ3v) is 8.60. The Morgan fingerprint density at radius 1 is 1.23 bits per heavy atom. The van der Waals surface area contributed by atoms with Gasteiger partial charge in [0.05, 0.1) is 13.2 Å². The number of Topliss-reactive ketones (excluding diaryl/α,β-unsaturated/α-hetero) is 1. The number of carbonyl (C=O) groups is 4. The average molecular weight is 543 g/mol. The van der Waals surface area contributed by atoms with E-state index in [-0.39, 0.29) is 23.7 Å². The highest BCUT2D eigenvalue weighted by atomic mass is 16.6. The molecule has 1 aliphatic heterocycles. The third kappa shape index (κ3) is 5.69. The summed E-state index contributed by atoms with van der Waals surface area (Å²) in [7, 11) is 0. The zero-order valence-electron chi connectivity index (χ0n) is 24.0. The van der Waals surface area contributed by atoms with Gasteiger partial charge < -0.3 is 24.8 Å². The first-order chi connectivity index (χ1) is 18.3. The van der Waals surface area contributed by atoms with Crippen molar-refractivity contribution in [3.05, 3.63) is 33.9 Å². The van der Waals surface area contributed by atoms with Gasteiger partial charge in [-0.05, 0) is 95.9 Å². The maximum atomic E-state index is 13.1. The molecule has 0 aromatic carbocycles. The van der Waals surface area contributed by atoms with Crippen LogP contribution >= 0.6 is 0 Å². The summed E-state index contributed by atoms with van der Waals surface area (Å²) in [6.07, 6.45) is 5.71. The van der Waals surface area contributed by atoms with E-state index in [4.69, 9.17) is 9.47 Å². The van der Waals surface area contributed by atoms with Crippen LogP contribution in [0.25, 0.3) is 0 Å². The predicted octanol–water partition coefficient (Wildman–Crippen LogP) is 3.76. The molecule has 0 radical (unpaired) electrons. The SMILES string of the molecule is CC1=C(CCCOC(=O)[C@@H]2CCCN2C(=O)[C@H](CO)NC(=O)OC(C)(C)C)C2=C(C)C3(CC3)[C@H](C)C(=O)C2=C1. The summed E-state index contributed by atoms with van der Waals surface area (Å²) in [6, 6.07) is -1.97. The second kappa shape index (κ2) is 10.9. The van der Waals surface area contributed by atoms with Crippen LogP contribution in [0.2, 0.25) is 0 Å². The van der Waals surface area contributed by atoms with Gasteiger partial charge in [0.1, 0.15) is 17.7 Å². The standard InChI is InChI=1S/C30H42N2O7/c1-17-15-21-24(18(2)30(11-12-30)19(3)25(21)34)20(17)9-8-14-38-27(36)23-10-7-13-32(23)26(35)22(16-33)31-28(37)39-29(4,5)6/h15,19,22-23,33H,7-14,16H2,1-6H3,(H,31,37)/t19-,22+,23+/m1/s1. The minimum atomic E-state index is -1.21. The number of amides is 2. The number of ketones is 1. The van der Waals surface area contributed by atoms with E-state index in [0.29, 0.717) is 32.2 Å². The molecule has 9 nitrogen and oxygen atoms in total. The molecule has 1 heterocycles. The number of carbonyl (C=O) groups excluding carboxylic acids is 4. The van der Waals surface area contributed by atoms with Crippen LogP contribution in [0.3, 0.4) is 0 Å². The number of likely N-dealkylation sites (tertiary alicyclic amines) is 1. The van der Waals surface area contributed by atoms with Crippen molar-refractivity contribution < 1.29 is 33.8 Å². The molecular weight excluding hydrogens is 500 g/mol. The second-order valence-corrected chi connectivity index (χ2v) is 12.3. The van der Waals surface area contributed by atoms with Gasteiger partial charge in [-0.25, -0.2) is 9.59 Å². The number of alkyl carbamates (subject to hydrolysis) is 1. The summed E-state index contributed by atoms with van der Waals surface area (Å²) in [5.41, 5.74) is 4.81. The number of aliphatic hydroxyl groups is 1. The number of hydrogen-bond acceptors (Lipinski definition) is 7. The Bertz CT molecular complexity index is 1150. The molecule has 2 N–H and O–H groups in total. The molecule has 4 rings (SSSR count). The highest BCUT2D eigenvalue weighted by molar-refractivity contribution is 6.07. The van der Waals surface area contributed by atoms with E-state index in [1.807, 2.05) is 13.0 Å². The van der Waals surface area contributed by atoms with Crippen molar-refractivity contribution in [2.45, 2.75) is 97.8 Å².